The SMILES string of the molecule is COc1cc2ccccc2cc1C(=O)N/N=C\c1cc(C)n(C(C)(C)C)c1C. The highest BCUT2D eigenvalue weighted by molar-refractivity contribution is 6.02. The molecule has 1 N–H and O–H groups in total. The van der Waals surface area contributed by atoms with E-state index in [9.17, 15) is 4.79 Å². The molecular formula is C23H27N3O2. The minimum absolute atomic E-state index is 0.0119. The van der Waals surface area contributed by atoms with Crippen LogP contribution in [0.4, 0.5) is 0 Å². The third-order valence-corrected chi connectivity index (χ3v) is 4.82. The summed E-state index contributed by atoms with van der Waals surface area (Å²) in [7, 11) is 1.56. The molecule has 0 radical (unpaired) electrons. The van der Waals surface area contributed by atoms with Crippen LogP contribution >= 0.6 is 0 Å². The van der Waals surface area contributed by atoms with E-state index >= 15 is 0 Å². The van der Waals surface area contributed by atoms with Gasteiger partial charge in [-0.15, -0.1) is 0 Å². The molecule has 5 heteroatoms. The lowest BCUT2D eigenvalue weighted by atomic mass is 10.1. The maximum Gasteiger partial charge on any atom is 0.275 e. The zero-order chi connectivity index (χ0) is 20.5. The fraction of sp³-hybridized carbons (Fsp3) is 0.304. The van der Waals surface area contributed by atoms with Gasteiger partial charge in [0.1, 0.15) is 5.75 Å². The number of amides is 1. The van der Waals surface area contributed by atoms with Crippen LogP contribution < -0.4 is 10.2 Å². The number of hydrogen-bond acceptors (Lipinski definition) is 3. The first-order chi connectivity index (χ1) is 13.2. The van der Waals surface area contributed by atoms with Gasteiger partial charge in [0.05, 0.1) is 18.9 Å². The van der Waals surface area contributed by atoms with Gasteiger partial charge in [0.25, 0.3) is 5.91 Å². The number of hydrazone groups is 1. The summed E-state index contributed by atoms with van der Waals surface area (Å²) in [6, 6.07) is 13.6. The van der Waals surface area contributed by atoms with E-state index in [-0.39, 0.29) is 11.4 Å². The van der Waals surface area contributed by atoms with Crippen LogP contribution in [0, 0.1) is 13.8 Å². The van der Waals surface area contributed by atoms with Crippen molar-refractivity contribution in [2.24, 2.45) is 5.10 Å². The lowest BCUT2D eigenvalue weighted by molar-refractivity contribution is 0.0952. The van der Waals surface area contributed by atoms with Crippen molar-refractivity contribution < 1.29 is 9.53 Å². The highest BCUT2D eigenvalue weighted by Gasteiger charge is 2.19. The highest BCUT2D eigenvalue weighted by Crippen LogP contribution is 2.26. The van der Waals surface area contributed by atoms with Crippen molar-refractivity contribution in [1.82, 2.24) is 9.99 Å². The maximum atomic E-state index is 12.7. The number of carbonyl (C=O) groups excluding carboxylic acids is 1. The number of benzene rings is 2. The van der Waals surface area contributed by atoms with Crippen molar-refractivity contribution in [3.8, 4) is 5.75 Å². The summed E-state index contributed by atoms with van der Waals surface area (Å²) in [5.74, 6) is 0.223. The molecule has 5 nitrogen and oxygen atoms in total. The average molecular weight is 377 g/mol. The molecule has 28 heavy (non-hydrogen) atoms. The first-order valence-electron chi connectivity index (χ1n) is 9.32. The summed E-state index contributed by atoms with van der Waals surface area (Å²) < 4.78 is 7.67. The number of nitrogens with zero attached hydrogens (tertiary/aromatic N) is 2. The molecule has 0 unspecified atom stereocenters. The van der Waals surface area contributed by atoms with Gasteiger partial charge in [0, 0.05) is 22.5 Å². The molecular weight excluding hydrogens is 350 g/mol. The summed E-state index contributed by atoms with van der Waals surface area (Å²) in [5.41, 5.74) is 6.33. The molecule has 0 atom stereocenters. The highest BCUT2D eigenvalue weighted by atomic mass is 16.5. The lowest BCUT2D eigenvalue weighted by Crippen LogP contribution is -2.24. The normalized spacial score (nSPS) is 11.9. The summed E-state index contributed by atoms with van der Waals surface area (Å²) in [5, 5.41) is 6.18. The second-order valence-electron chi connectivity index (χ2n) is 7.93. The summed E-state index contributed by atoms with van der Waals surface area (Å²) in [6.07, 6.45) is 1.69. The molecule has 2 aromatic carbocycles. The van der Waals surface area contributed by atoms with E-state index in [2.05, 4.69) is 55.8 Å². The van der Waals surface area contributed by atoms with Crippen LogP contribution in [0.25, 0.3) is 10.8 Å². The molecule has 146 valence electrons. The van der Waals surface area contributed by atoms with Crippen molar-refractivity contribution in [3.63, 3.8) is 0 Å². The van der Waals surface area contributed by atoms with E-state index in [1.54, 1.807) is 13.3 Å². The Balaban J connectivity index is 1.84. The Kier molecular flexibility index (Phi) is 5.27. The van der Waals surface area contributed by atoms with Crippen molar-refractivity contribution in [2.75, 3.05) is 7.11 Å². The minimum atomic E-state index is -0.302. The van der Waals surface area contributed by atoms with Crippen LogP contribution in [0.15, 0.2) is 47.6 Å². The number of methoxy groups -OCH3 is 1. The molecule has 0 aliphatic carbocycles. The molecule has 0 saturated carbocycles. The molecule has 0 fully saturated rings. The van der Waals surface area contributed by atoms with Gasteiger partial charge in [-0.25, -0.2) is 5.43 Å². The number of aromatic nitrogens is 1. The Morgan fingerprint density at radius 1 is 1.11 bits per heavy atom. The van der Waals surface area contributed by atoms with Crippen LogP contribution in [-0.2, 0) is 5.54 Å². The smallest absolute Gasteiger partial charge is 0.275 e. The topological polar surface area (TPSA) is 55.6 Å². The van der Waals surface area contributed by atoms with E-state index in [1.807, 2.05) is 36.4 Å². The van der Waals surface area contributed by atoms with Crippen LogP contribution in [0.5, 0.6) is 5.75 Å². The molecule has 1 heterocycles. The number of carbonyl (C=O) groups is 1. The third-order valence-electron chi connectivity index (χ3n) is 4.82. The Labute approximate surface area is 166 Å². The van der Waals surface area contributed by atoms with E-state index < -0.39 is 0 Å². The zero-order valence-corrected chi connectivity index (χ0v) is 17.3. The van der Waals surface area contributed by atoms with Crippen molar-refractivity contribution in [2.45, 2.75) is 40.2 Å². The maximum absolute atomic E-state index is 12.7. The Bertz CT molecular complexity index is 1060. The number of aryl methyl sites for hydroxylation is 1. The first-order valence-corrected chi connectivity index (χ1v) is 9.32. The van der Waals surface area contributed by atoms with Crippen LogP contribution in [-0.4, -0.2) is 23.8 Å². The van der Waals surface area contributed by atoms with Crippen molar-refractivity contribution in [1.29, 1.82) is 0 Å². The van der Waals surface area contributed by atoms with Gasteiger partial charge in [-0.1, -0.05) is 24.3 Å². The molecule has 3 rings (SSSR count). The summed E-state index contributed by atoms with van der Waals surface area (Å²) in [4.78, 5) is 12.7. The fourth-order valence-corrected chi connectivity index (χ4v) is 3.74. The number of hydrogen-bond donors (Lipinski definition) is 1. The van der Waals surface area contributed by atoms with Crippen LogP contribution in [0.2, 0.25) is 0 Å². The lowest BCUT2D eigenvalue weighted by Gasteiger charge is -2.25. The molecule has 0 aliphatic heterocycles. The Morgan fingerprint density at radius 3 is 2.32 bits per heavy atom. The Morgan fingerprint density at radius 2 is 1.75 bits per heavy atom. The van der Waals surface area contributed by atoms with Crippen LogP contribution in [0.3, 0.4) is 0 Å². The standard InChI is InChI=1S/C23H27N3O2/c1-15-11-19(16(2)26(15)23(3,4)5)14-24-25-22(27)20-12-17-9-7-8-10-18(17)13-21(20)28-6/h7-14H,1-6H3,(H,25,27)/b24-14-. The second kappa shape index (κ2) is 7.50. The van der Waals surface area contributed by atoms with E-state index in [4.69, 9.17) is 4.74 Å². The van der Waals surface area contributed by atoms with Crippen molar-refractivity contribution >= 4 is 22.9 Å². The van der Waals surface area contributed by atoms with Gasteiger partial charge in [-0.2, -0.15) is 5.10 Å². The van der Waals surface area contributed by atoms with Crippen molar-refractivity contribution in [3.05, 3.63) is 65.0 Å². The molecule has 1 amide bonds. The quantitative estimate of drug-likeness (QED) is 0.525. The Hall–Kier alpha value is -3.08. The molecule has 3 aromatic rings. The predicted octanol–water partition coefficient (Wildman–Crippen LogP) is 4.79. The largest absolute Gasteiger partial charge is 0.496 e. The fourth-order valence-electron chi connectivity index (χ4n) is 3.74. The molecule has 0 bridgehead atoms. The molecule has 1 aromatic heterocycles. The zero-order valence-electron chi connectivity index (χ0n) is 17.3. The van der Waals surface area contributed by atoms with E-state index in [1.165, 1.54) is 0 Å². The molecule has 0 saturated heterocycles. The number of nitrogens with one attached hydrogen (secondary N) is 1. The van der Waals surface area contributed by atoms with Gasteiger partial charge in [-0.3, -0.25) is 4.79 Å². The minimum Gasteiger partial charge on any atom is -0.496 e. The van der Waals surface area contributed by atoms with Gasteiger partial charge in [0.2, 0.25) is 0 Å². The average Bonchev–Trinajstić information content (AvgIpc) is 2.93. The van der Waals surface area contributed by atoms with Gasteiger partial charge in [0.15, 0.2) is 0 Å². The van der Waals surface area contributed by atoms with Gasteiger partial charge >= 0.3 is 0 Å². The van der Waals surface area contributed by atoms with E-state index in [0.717, 1.165) is 27.7 Å². The van der Waals surface area contributed by atoms with Gasteiger partial charge < -0.3 is 9.30 Å². The van der Waals surface area contributed by atoms with E-state index in [0.29, 0.717) is 11.3 Å². The predicted molar refractivity (Wildman–Crippen MR) is 114 cm³/mol. The number of ether oxygens (including phenoxy) is 1. The van der Waals surface area contributed by atoms with Gasteiger partial charge in [-0.05, 0) is 63.6 Å². The first kappa shape index (κ1) is 19.7. The molecule has 0 spiro atoms. The summed E-state index contributed by atoms with van der Waals surface area (Å²) >= 11 is 0. The third kappa shape index (κ3) is 3.79. The van der Waals surface area contributed by atoms with Crippen LogP contribution in [0.1, 0.15) is 48.1 Å². The summed E-state index contributed by atoms with van der Waals surface area (Å²) in [6.45, 7) is 10.6. The number of rotatable bonds is 4. The number of fused-ring (bicyclic) bond motifs is 1. The monoisotopic (exact) mass is 377 g/mol. The second-order valence-corrected chi connectivity index (χ2v) is 7.93. The molecule has 0 aliphatic rings.